The first-order valence-electron chi connectivity index (χ1n) is 11.9. The molecule has 0 bridgehead atoms. The summed E-state index contributed by atoms with van der Waals surface area (Å²) < 4.78 is 44.9. The van der Waals surface area contributed by atoms with Gasteiger partial charge in [0.25, 0.3) is 0 Å². The Labute approximate surface area is 210 Å². The third-order valence-corrected chi connectivity index (χ3v) is 7.24. The smallest absolute Gasteiger partial charge is 0.203 e. The monoisotopic (exact) mass is 510 g/mol. The normalized spacial score (nSPS) is 12.8. The predicted molar refractivity (Wildman–Crippen MR) is 139 cm³/mol. The Bertz CT molecular complexity index is 1530. The lowest BCUT2D eigenvalue weighted by Crippen LogP contribution is -2.32. The van der Waals surface area contributed by atoms with Crippen LogP contribution in [0.5, 0.6) is 0 Å². The highest BCUT2D eigenvalue weighted by Gasteiger charge is 2.22. The Balaban J connectivity index is 2.12. The maximum atomic E-state index is 12.2. The van der Waals surface area contributed by atoms with Gasteiger partial charge in [-0.1, -0.05) is 18.2 Å². The molecule has 2 aromatic rings. The van der Waals surface area contributed by atoms with Gasteiger partial charge in [-0.15, -0.1) is 0 Å². The molecule has 0 atom stereocenters. The van der Waals surface area contributed by atoms with E-state index in [2.05, 4.69) is 0 Å². The fourth-order valence-electron chi connectivity index (χ4n) is 4.62. The number of aliphatic hydroxyl groups is 2. The molecule has 2 aliphatic rings. The van der Waals surface area contributed by atoms with Crippen molar-refractivity contribution in [3.8, 4) is 22.5 Å². The summed E-state index contributed by atoms with van der Waals surface area (Å²) >= 11 is 0. The van der Waals surface area contributed by atoms with E-state index >= 15 is 0 Å². The molecule has 190 valence electrons. The number of benzene rings is 3. The highest BCUT2D eigenvalue weighted by Crippen LogP contribution is 2.42. The first-order valence-corrected chi connectivity index (χ1v) is 13.3. The van der Waals surface area contributed by atoms with Gasteiger partial charge in [-0.25, -0.2) is 13.0 Å². The van der Waals surface area contributed by atoms with Crippen LogP contribution in [0.2, 0.25) is 0 Å². The molecular formula is C27H30N2O6S. The molecule has 0 saturated heterocycles. The fraction of sp³-hybridized carbons (Fsp3) is 0.296. The number of aliphatic hydroxyl groups excluding tert-OH is 2. The molecule has 0 aromatic heterocycles. The minimum atomic E-state index is -4.74. The number of hydrogen-bond donors (Lipinski definition) is 2. The van der Waals surface area contributed by atoms with E-state index in [9.17, 15) is 23.2 Å². The molecule has 4 rings (SSSR count). The van der Waals surface area contributed by atoms with Crippen molar-refractivity contribution in [3.63, 3.8) is 0 Å². The molecule has 2 N–H and O–H groups in total. The average Bonchev–Trinajstić information content (AvgIpc) is 2.87. The Morgan fingerprint density at radius 2 is 1.75 bits per heavy atom. The lowest BCUT2D eigenvalue weighted by Gasteiger charge is -2.23. The highest BCUT2D eigenvalue weighted by molar-refractivity contribution is 7.85. The van der Waals surface area contributed by atoms with Gasteiger partial charge in [0.1, 0.15) is 34.6 Å². The molecule has 0 radical (unpaired) electrons. The van der Waals surface area contributed by atoms with Gasteiger partial charge in [0.15, 0.2) is 6.54 Å². The van der Waals surface area contributed by atoms with Crippen LogP contribution in [-0.4, -0.2) is 62.6 Å². The van der Waals surface area contributed by atoms with Crippen molar-refractivity contribution in [2.75, 3.05) is 44.3 Å². The van der Waals surface area contributed by atoms with E-state index in [0.717, 1.165) is 11.0 Å². The van der Waals surface area contributed by atoms with Gasteiger partial charge in [-0.2, -0.15) is 0 Å². The minimum absolute atomic E-state index is 0.00178. The van der Waals surface area contributed by atoms with Crippen LogP contribution in [0, 0.1) is 0 Å². The lowest BCUT2D eigenvalue weighted by atomic mass is 9.93. The topological polar surface area (TPSA) is 117 Å². The molecule has 8 nitrogen and oxygen atoms in total. The second-order valence-corrected chi connectivity index (χ2v) is 9.74. The van der Waals surface area contributed by atoms with Crippen LogP contribution in [0.3, 0.4) is 0 Å². The SMILES string of the molecule is CCN(CCO)c1ccc2c(-c3ccccc3S(=O)(=O)[O-])c3ccc(=[N+](CC)CCO)cc-3oc2c1. The summed E-state index contributed by atoms with van der Waals surface area (Å²) in [5, 5.41) is 20.4. The number of hydrogen-bond acceptors (Lipinski definition) is 7. The second kappa shape index (κ2) is 10.8. The molecule has 0 unspecified atom stereocenters. The number of nitrogens with zero attached hydrogens (tertiary/aromatic N) is 2. The largest absolute Gasteiger partial charge is 0.744 e. The van der Waals surface area contributed by atoms with Crippen LogP contribution >= 0.6 is 0 Å². The van der Waals surface area contributed by atoms with Crippen LogP contribution in [0.4, 0.5) is 5.69 Å². The molecule has 2 aromatic carbocycles. The zero-order chi connectivity index (χ0) is 25.9. The minimum Gasteiger partial charge on any atom is -0.744 e. The van der Waals surface area contributed by atoms with E-state index in [1.54, 1.807) is 12.1 Å². The lowest BCUT2D eigenvalue weighted by molar-refractivity contribution is 0.282. The van der Waals surface area contributed by atoms with Crippen molar-refractivity contribution in [3.05, 3.63) is 66.0 Å². The Morgan fingerprint density at radius 3 is 2.42 bits per heavy atom. The fourth-order valence-corrected chi connectivity index (χ4v) is 5.31. The summed E-state index contributed by atoms with van der Waals surface area (Å²) in [7, 11) is -4.74. The molecule has 0 spiro atoms. The van der Waals surface area contributed by atoms with Gasteiger partial charge in [0.2, 0.25) is 5.36 Å². The average molecular weight is 511 g/mol. The molecule has 1 heterocycles. The van der Waals surface area contributed by atoms with Gasteiger partial charge in [0.05, 0.1) is 17.6 Å². The van der Waals surface area contributed by atoms with E-state index in [1.807, 2.05) is 59.7 Å². The third-order valence-electron chi connectivity index (χ3n) is 6.35. The summed E-state index contributed by atoms with van der Waals surface area (Å²) in [4.78, 5) is 1.71. The van der Waals surface area contributed by atoms with Gasteiger partial charge in [0, 0.05) is 53.0 Å². The summed E-state index contributed by atoms with van der Waals surface area (Å²) in [5.41, 5.74) is 2.94. The highest BCUT2D eigenvalue weighted by atomic mass is 32.2. The number of fused-ring (bicyclic) bond motifs is 2. The molecule has 1 aliphatic carbocycles. The van der Waals surface area contributed by atoms with Crippen molar-refractivity contribution < 1.29 is 27.6 Å². The van der Waals surface area contributed by atoms with Crippen LogP contribution < -0.4 is 14.8 Å². The van der Waals surface area contributed by atoms with Gasteiger partial charge in [-0.05, 0) is 38.1 Å². The van der Waals surface area contributed by atoms with E-state index < -0.39 is 10.1 Å². The molecule has 1 aliphatic heterocycles. The van der Waals surface area contributed by atoms with Crippen LogP contribution in [0.25, 0.3) is 33.4 Å². The van der Waals surface area contributed by atoms with Crippen LogP contribution in [0.15, 0.2) is 70.0 Å². The molecule has 9 heteroatoms. The third kappa shape index (κ3) is 5.01. The molecule has 36 heavy (non-hydrogen) atoms. The second-order valence-electron chi connectivity index (χ2n) is 8.39. The zero-order valence-electron chi connectivity index (χ0n) is 20.3. The summed E-state index contributed by atoms with van der Waals surface area (Å²) in [6.45, 7) is 6.26. The Kier molecular flexibility index (Phi) is 7.75. The molecular weight excluding hydrogens is 480 g/mol. The van der Waals surface area contributed by atoms with Crippen molar-refractivity contribution in [1.82, 2.24) is 4.58 Å². The predicted octanol–water partition coefficient (Wildman–Crippen LogP) is 2.71. The maximum absolute atomic E-state index is 12.2. The van der Waals surface area contributed by atoms with E-state index in [4.69, 9.17) is 4.42 Å². The summed E-state index contributed by atoms with van der Waals surface area (Å²) in [6, 6.07) is 17.4. The number of rotatable bonds is 9. The van der Waals surface area contributed by atoms with Gasteiger partial charge < -0.3 is 24.1 Å². The van der Waals surface area contributed by atoms with Crippen LogP contribution in [-0.2, 0) is 10.1 Å². The summed E-state index contributed by atoms with van der Waals surface area (Å²) in [6.07, 6.45) is 0. The molecule has 0 fully saturated rings. The Hall–Kier alpha value is -3.24. The quantitative estimate of drug-likeness (QED) is 0.202. The van der Waals surface area contributed by atoms with Crippen LogP contribution in [0.1, 0.15) is 13.8 Å². The molecule has 0 saturated carbocycles. The Morgan fingerprint density at radius 1 is 0.972 bits per heavy atom. The zero-order valence-corrected chi connectivity index (χ0v) is 21.2. The van der Waals surface area contributed by atoms with Crippen molar-refractivity contribution in [2.24, 2.45) is 0 Å². The van der Waals surface area contributed by atoms with Gasteiger partial charge >= 0.3 is 0 Å². The first kappa shape index (κ1) is 25.8. The first-order chi connectivity index (χ1) is 17.3. The summed E-state index contributed by atoms with van der Waals surface area (Å²) in [5.74, 6) is 0.520. The van der Waals surface area contributed by atoms with Gasteiger partial charge in [-0.3, -0.25) is 0 Å². The molecule has 0 amide bonds. The maximum Gasteiger partial charge on any atom is 0.203 e. The number of anilines is 1. The van der Waals surface area contributed by atoms with E-state index in [1.165, 1.54) is 12.1 Å². The van der Waals surface area contributed by atoms with Crippen molar-refractivity contribution in [2.45, 2.75) is 18.7 Å². The number of likely N-dealkylation sites (N-methyl/N-ethyl adjacent to an activating group) is 2. The van der Waals surface area contributed by atoms with Crippen molar-refractivity contribution in [1.29, 1.82) is 0 Å². The van der Waals surface area contributed by atoms with E-state index in [0.29, 0.717) is 59.6 Å². The van der Waals surface area contributed by atoms with E-state index in [-0.39, 0.29) is 18.1 Å². The van der Waals surface area contributed by atoms with Crippen molar-refractivity contribution >= 4 is 26.8 Å². The standard InChI is InChI=1S/C27H30N2O6S/c1-3-28(13-15-30)19-9-11-21-24(17-19)35-25-18-20(29(4-2)14-16-31)10-12-22(25)27(21)23-7-5-6-8-26(23)36(32,33)34/h5-12,17-18,30-31H,3-4,13-16H2,1-2H3.